The third-order valence-corrected chi connectivity index (χ3v) is 3.20. The number of benzene rings is 1. The van der Waals surface area contributed by atoms with Crippen LogP contribution in [-0.4, -0.2) is 4.90 Å². The molecule has 0 radical (unpaired) electrons. The van der Waals surface area contributed by atoms with Gasteiger partial charge in [0.05, 0.1) is 12.1 Å². The fourth-order valence-electron chi connectivity index (χ4n) is 2.47. The van der Waals surface area contributed by atoms with E-state index in [4.69, 9.17) is 0 Å². The van der Waals surface area contributed by atoms with Crippen LogP contribution in [0.1, 0.15) is 30.1 Å². The standard InChI is InChI=1S/C13H13N/c1-10-11-6-2-3-7-12(11)13-8-4-5-9-14(10)13/h2-10,13H,1H3. The van der Waals surface area contributed by atoms with Crippen LogP contribution in [0.25, 0.3) is 0 Å². The second-order valence-corrected chi connectivity index (χ2v) is 3.92. The fraction of sp³-hybridized carbons (Fsp3) is 0.231. The number of rotatable bonds is 0. The van der Waals surface area contributed by atoms with E-state index in [1.165, 1.54) is 11.1 Å². The second-order valence-electron chi connectivity index (χ2n) is 3.92. The van der Waals surface area contributed by atoms with E-state index < -0.39 is 0 Å². The van der Waals surface area contributed by atoms with Gasteiger partial charge >= 0.3 is 0 Å². The quantitative estimate of drug-likeness (QED) is 0.597. The van der Waals surface area contributed by atoms with Crippen LogP contribution in [0.3, 0.4) is 0 Å². The van der Waals surface area contributed by atoms with Crippen LogP contribution in [0.2, 0.25) is 0 Å². The largest absolute Gasteiger partial charge is 0.360 e. The minimum Gasteiger partial charge on any atom is -0.360 e. The maximum absolute atomic E-state index is 2.41. The van der Waals surface area contributed by atoms with E-state index in [0.717, 1.165) is 0 Å². The highest BCUT2D eigenvalue weighted by atomic mass is 15.2. The zero-order chi connectivity index (χ0) is 9.54. The summed E-state index contributed by atoms with van der Waals surface area (Å²) < 4.78 is 0. The van der Waals surface area contributed by atoms with Crippen molar-refractivity contribution in [3.63, 3.8) is 0 Å². The van der Waals surface area contributed by atoms with E-state index in [2.05, 4.69) is 60.5 Å². The Hall–Kier alpha value is -1.50. The van der Waals surface area contributed by atoms with Crippen LogP contribution in [-0.2, 0) is 0 Å². The summed E-state index contributed by atoms with van der Waals surface area (Å²) in [6.45, 7) is 2.27. The van der Waals surface area contributed by atoms with Gasteiger partial charge < -0.3 is 4.90 Å². The molecule has 0 saturated heterocycles. The lowest BCUT2D eigenvalue weighted by atomic mass is 10.0. The molecule has 2 atom stereocenters. The SMILES string of the molecule is CC1c2ccccc2C2C=CC=CN12. The van der Waals surface area contributed by atoms with Crippen LogP contribution >= 0.6 is 0 Å². The van der Waals surface area contributed by atoms with Crippen LogP contribution in [0, 0.1) is 0 Å². The first-order valence-electron chi connectivity index (χ1n) is 5.09. The highest BCUT2D eigenvalue weighted by molar-refractivity contribution is 5.42. The molecule has 2 heterocycles. The van der Waals surface area contributed by atoms with Crippen molar-refractivity contribution in [2.24, 2.45) is 0 Å². The predicted molar refractivity (Wildman–Crippen MR) is 57.7 cm³/mol. The van der Waals surface area contributed by atoms with Crippen molar-refractivity contribution >= 4 is 0 Å². The zero-order valence-electron chi connectivity index (χ0n) is 8.22. The summed E-state index contributed by atoms with van der Waals surface area (Å²) >= 11 is 0. The Balaban J connectivity index is 2.17. The molecular weight excluding hydrogens is 170 g/mol. The molecule has 0 bridgehead atoms. The number of allylic oxidation sites excluding steroid dienone is 2. The Bertz CT molecular complexity index is 417. The summed E-state index contributed by atoms with van der Waals surface area (Å²) in [5.41, 5.74) is 2.93. The van der Waals surface area contributed by atoms with E-state index in [1.54, 1.807) is 0 Å². The van der Waals surface area contributed by atoms with E-state index in [0.29, 0.717) is 12.1 Å². The first-order chi connectivity index (χ1) is 6.88. The van der Waals surface area contributed by atoms with E-state index in [1.807, 2.05) is 0 Å². The summed E-state index contributed by atoms with van der Waals surface area (Å²) in [6, 6.07) is 9.70. The van der Waals surface area contributed by atoms with Crippen LogP contribution in [0.4, 0.5) is 0 Å². The third kappa shape index (κ3) is 0.897. The topological polar surface area (TPSA) is 3.24 Å². The van der Waals surface area contributed by atoms with Gasteiger partial charge in [-0.05, 0) is 24.1 Å². The molecule has 1 heteroatoms. The Morgan fingerprint density at radius 2 is 1.86 bits per heavy atom. The minimum atomic E-state index is 0.464. The van der Waals surface area contributed by atoms with Crippen molar-refractivity contribution < 1.29 is 0 Å². The molecule has 0 fully saturated rings. The van der Waals surface area contributed by atoms with E-state index in [9.17, 15) is 0 Å². The fourth-order valence-corrected chi connectivity index (χ4v) is 2.47. The summed E-state index contributed by atoms with van der Waals surface area (Å²) in [4.78, 5) is 2.41. The third-order valence-electron chi connectivity index (χ3n) is 3.20. The van der Waals surface area contributed by atoms with Crippen molar-refractivity contribution in [1.82, 2.24) is 4.90 Å². The maximum atomic E-state index is 2.41. The van der Waals surface area contributed by atoms with Crippen molar-refractivity contribution in [3.05, 3.63) is 59.8 Å². The van der Waals surface area contributed by atoms with Crippen molar-refractivity contribution in [2.75, 3.05) is 0 Å². The molecule has 1 nitrogen and oxygen atoms in total. The molecule has 2 aliphatic heterocycles. The van der Waals surface area contributed by atoms with Gasteiger partial charge in [-0.3, -0.25) is 0 Å². The Kier molecular flexibility index (Phi) is 1.54. The molecule has 3 rings (SSSR count). The Morgan fingerprint density at radius 3 is 2.71 bits per heavy atom. The van der Waals surface area contributed by atoms with Gasteiger partial charge in [-0.1, -0.05) is 36.4 Å². The highest BCUT2D eigenvalue weighted by Gasteiger charge is 2.32. The van der Waals surface area contributed by atoms with Crippen molar-refractivity contribution in [1.29, 1.82) is 0 Å². The summed E-state index contributed by atoms with van der Waals surface area (Å²) in [6.07, 6.45) is 8.70. The highest BCUT2D eigenvalue weighted by Crippen LogP contribution is 2.43. The van der Waals surface area contributed by atoms with Crippen molar-refractivity contribution in [2.45, 2.75) is 19.0 Å². The van der Waals surface area contributed by atoms with Crippen LogP contribution in [0.5, 0.6) is 0 Å². The molecule has 1 aromatic carbocycles. The zero-order valence-corrected chi connectivity index (χ0v) is 8.22. The smallest absolute Gasteiger partial charge is 0.0733 e. The minimum absolute atomic E-state index is 0.464. The van der Waals surface area contributed by atoms with Gasteiger partial charge in [-0.15, -0.1) is 0 Å². The molecule has 0 aliphatic carbocycles. The number of nitrogens with zero attached hydrogens (tertiary/aromatic N) is 1. The maximum Gasteiger partial charge on any atom is 0.0733 e. The average Bonchev–Trinajstić information content (AvgIpc) is 2.55. The summed E-state index contributed by atoms with van der Waals surface area (Å²) in [5.74, 6) is 0. The lowest BCUT2D eigenvalue weighted by molar-refractivity contribution is 0.287. The Labute approximate surface area is 84.4 Å². The van der Waals surface area contributed by atoms with Crippen LogP contribution < -0.4 is 0 Å². The van der Waals surface area contributed by atoms with Crippen LogP contribution in [0.15, 0.2) is 48.7 Å². The first kappa shape index (κ1) is 7.86. The van der Waals surface area contributed by atoms with Gasteiger partial charge in [0.15, 0.2) is 0 Å². The van der Waals surface area contributed by atoms with Gasteiger partial charge in [0.25, 0.3) is 0 Å². The molecule has 0 amide bonds. The number of hydrogen-bond donors (Lipinski definition) is 0. The summed E-state index contributed by atoms with van der Waals surface area (Å²) in [5, 5.41) is 0. The van der Waals surface area contributed by atoms with Gasteiger partial charge in [-0.2, -0.15) is 0 Å². The van der Waals surface area contributed by atoms with Gasteiger partial charge in [0.2, 0.25) is 0 Å². The molecule has 0 saturated carbocycles. The number of hydrogen-bond acceptors (Lipinski definition) is 1. The lowest BCUT2D eigenvalue weighted by Gasteiger charge is -2.27. The molecule has 1 aromatic rings. The Morgan fingerprint density at radius 1 is 1.07 bits per heavy atom. The second kappa shape index (κ2) is 2.74. The molecule has 2 unspecified atom stereocenters. The lowest BCUT2D eigenvalue weighted by Crippen LogP contribution is -2.18. The van der Waals surface area contributed by atoms with Crippen molar-refractivity contribution in [3.8, 4) is 0 Å². The van der Waals surface area contributed by atoms with E-state index >= 15 is 0 Å². The molecule has 0 aromatic heterocycles. The van der Waals surface area contributed by atoms with Gasteiger partial charge in [0, 0.05) is 6.20 Å². The van der Waals surface area contributed by atoms with Gasteiger partial charge in [-0.25, -0.2) is 0 Å². The normalized spacial score (nSPS) is 27.6. The molecule has 0 spiro atoms. The first-order valence-corrected chi connectivity index (χ1v) is 5.09. The molecular formula is C13H13N. The van der Waals surface area contributed by atoms with Gasteiger partial charge in [0.1, 0.15) is 0 Å². The van der Waals surface area contributed by atoms with E-state index in [-0.39, 0.29) is 0 Å². The molecule has 14 heavy (non-hydrogen) atoms. The molecule has 2 aliphatic rings. The summed E-state index contributed by atoms with van der Waals surface area (Å²) in [7, 11) is 0. The molecule has 70 valence electrons. The molecule has 0 N–H and O–H groups in total. The average molecular weight is 183 g/mol. The number of fused-ring (bicyclic) bond motifs is 3. The monoisotopic (exact) mass is 183 g/mol. The predicted octanol–water partition coefficient (Wildman–Crippen LogP) is 3.19.